The van der Waals surface area contributed by atoms with Crippen molar-refractivity contribution in [2.24, 2.45) is 4.99 Å². The molecule has 0 N–H and O–H groups in total. The van der Waals surface area contributed by atoms with Crippen LogP contribution in [0.4, 0.5) is 5.69 Å². The van der Waals surface area contributed by atoms with Crippen LogP contribution in [0.3, 0.4) is 0 Å². The van der Waals surface area contributed by atoms with Gasteiger partial charge >= 0.3 is 0 Å². The van der Waals surface area contributed by atoms with Gasteiger partial charge in [-0.05, 0) is 62.1 Å². The first-order valence-corrected chi connectivity index (χ1v) is 9.62. The molecule has 1 aliphatic rings. The van der Waals surface area contributed by atoms with Gasteiger partial charge in [0.25, 0.3) is 0 Å². The summed E-state index contributed by atoms with van der Waals surface area (Å²) < 4.78 is 26.5. The lowest BCUT2D eigenvalue weighted by Crippen LogP contribution is -2.27. The summed E-state index contributed by atoms with van der Waals surface area (Å²) in [6.45, 7) is 5.36. The molecule has 5 heteroatoms. The van der Waals surface area contributed by atoms with E-state index in [1.807, 2.05) is 12.3 Å². The molecule has 0 aliphatic carbocycles. The van der Waals surface area contributed by atoms with E-state index in [2.05, 4.69) is 31.0 Å². The Kier molecular flexibility index (Phi) is 4.83. The van der Waals surface area contributed by atoms with Crippen LogP contribution in [0.1, 0.15) is 29.5 Å². The normalized spacial score (nSPS) is 16.1. The molecule has 0 amide bonds. The highest BCUT2D eigenvalue weighted by Crippen LogP contribution is 2.23. The first-order chi connectivity index (χ1) is 11.5. The number of rotatable bonds is 4. The zero-order chi connectivity index (χ0) is 17.2. The molecule has 1 fully saturated rings. The lowest BCUT2D eigenvalue weighted by atomic mass is 10.1. The van der Waals surface area contributed by atoms with E-state index >= 15 is 0 Å². The summed E-state index contributed by atoms with van der Waals surface area (Å²) in [5.74, 6) is 0. The highest BCUT2D eigenvalue weighted by atomic mass is 32.2. The fourth-order valence-electron chi connectivity index (χ4n) is 2.90. The highest BCUT2D eigenvalue weighted by molar-refractivity contribution is 7.89. The molecule has 1 saturated heterocycles. The second-order valence-corrected chi connectivity index (χ2v) is 8.16. The van der Waals surface area contributed by atoms with E-state index < -0.39 is 10.0 Å². The summed E-state index contributed by atoms with van der Waals surface area (Å²) in [4.78, 5) is 4.80. The number of aryl methyl sites for hydroxylation is 2. The van der Waals surface area contributed by atoms with Crippen LogP contribution in [0, 0.1) is 13.8 Å². The zero-order valence-corrected chi connectivity index (χ0v) is 14.9. The Morgan fingerprint density at radius 1 is 1.00 bits per heavy atom. The van der Waals surface area contributed by atoms with Crippen molar-refractivity contribution in [1.82, 2.24) is 4.31 Å². The van der Waals surface area contributed by atoms with Gasteiger partial charge in [0.2, 0.25) is 10.0 Å². The molecule has 0 bridgehead atoms. The van der Waals surface area contributed by atoms with Crippen molar-refractivity contribution in [2.45, 2.75) is 31.6 Å². The SMILES string of the molecule is Cc1ccc(C=Nc2ccc(S(=O)(=O)N3CCCC3)cc2)c(C)c1. The van der Waals surface area contributed by atoms with Crippen LogP contribution >= 0.6 is 0 Å². The minimum absolute atomic E-state index is 0.342. The Morgan fingerprint density at radius 2 is 1.67 bits per heavy atom. The van der Waals surface area contributed by atoms with Crippen LogP contribution in [-0.4, -0.2) is 32.0 Å². The average molecular weight is 342 g/mol. The van der Waals surface area contributed by atoms with Crippen LogP contribution in [-0.2, 0) is 10.0 Å². The summed E-state index contributed by atoms with van der Waals surface area (Å²) in [6, 6.07) is 13.0. The number of nitrogens with zero attached hydrogens (tertiary/aromatic N) is 2. The number of aliphatic imine (C=N–C) groups is 1. The van der Waals surface area contributed by atoms with Crippen LogP contribution in [0.5, 0.6) is 0 Å². The van der Waals surface area contributed by atoms with Gasteiger partial charge in [-0.25, -0.2) is 8.42 Å². The van der Waals surface area contributed by atoms with Crippen molar-refractivity contribution in [3.63, 3.8) is 0 Å². The molecular weight excluding hydrogens is 320 g/mol. The summed E-state index contributed by atoms with van der Waals surface area (Å²) in [7, 11) is -3.35. The Bertz CT molecular complexity index is 849. The maximum Gasteiger partial charge on any atom is 0.243 e. The third-order valence-electron chi connectivity index (χ3n) is 4.32. The molecule has 0 saturated carbocycles. The number of benzene rings is 2. The van der Waals surface area contributed by atoms with Crippen LogP contribution in [0.15, 0.2) is 52.4 Å². The Hall–Kier alpha value is -1.98. The average Bonchev–Trinajstić information content (AvgIpc) is 3.10. The molecule has 0 radical (unpaired) electrons. The molecule has 2 aromatic carbocycles. The Balaban J connectivity index is 1.78. The van der Waals surface area contributed by atoms with Gasteiger partial charge in [-0.1, -0.05) is 23.8 Å². The molecule has 3 rings (SSSR count). The monoisotopic (exact) mass is 342 g/mol. The molecule has 126 valence electrons. The molecule has 24 heavy (non-hydrogen) atoms. The maximum absolute atomic E-state index is 12.5. The number of sulfonamides is 1. The van der Waals surface area contributed by atoms with Gasteiger partial charge in [0, 0.05) is 19.3 Å². The molecule has 1 aliphatic heterocycles. The first-order valence-electron chi connectivity index (χ1n) is 8.18. The van der Waals surface area contributed by atoms with E-state index in [0.29, 0.717) is 18.0 Å². The Morgan fingerprint density at radius 3 is 2.29 bits per heavy atom. The standard InChI is InChI=1S/C19H22N2O2S/c1-15-5-6-17(16(2)13-15)14-20-18-7-9-19(10-8-18)24(22,23)21-11-3-4-12-21/h5-10,13-14H,3-4,11-12H2,1-2H3. The fraction of sp³-hybridized carbons (Fsp3) is 0.316. The van der Waals surface area contributed by atoms with Crippen LogP contribution in [0.25, 0.3) is 0 Å². The minimum atomic E-state index is -3.35. The summed E-state index contributed by atoms with van der Waals surface area (Å²) in [5.41, 5.74) is 4.21. The van der Waals surface area contributed by atoms with Crippen LogP contribution in [0.2, 0.25) is 0 Å². The molecule has 1 heterocycles. The molecule has 0 atom stereocenters. The fourth-order valence-corrected chi connectivity index (χ4v) is 4.41. The van der Waals surface area contributed by atoms with E-state index in [1.54, 1.807) is 28.6 Å². The largest absolute Gasteiger partial charge is 0.256 e. The van der Waals surface area contributed by atoms with Crippen LogP contribution < -0.4 is 0 Å². The number of hydrogen-bond acceptors (Lipinski definition) is 3. The van der Waals surface area contributed by atoms with E-state index in [-0.39, 0.29) is 0 Å². The molecule has 0 spiro atoms. The third-order valence-corrected chi connectivity index (χ3v) is 6.23. The van der Waals surface area contributed by atoms with Crippen molar-refractivity contribution in [3.05, 3.63) is 59.2 Å². The highest BCUT2D eigenvalue weighted by Gasteiger charge is 2.26. The minimum Gasteiger partial charge on any atom is -0.256 e. The van der Waals surface area contributed by atoms with Crippen molar-refractivity contribution in [1.29, 1.82) is 0 Å². The summed E-state index contributed by atoms with van der Waals surface area (Å²) in [6.07, 6.45) is 3.70. The lowest BCUT2D eigenvalue weighted by molar-refractivity contribution is 0.477. The quantitative estimate of drug-likeness (QED) is 0.793. The van der Waals surface area contributed by atoms with Gasteiger partial charge < -0.3 is 0 Å². The maximum atomic E-state index is 12.5. The van der Waals surface area contributed by atoms with E-state index in [0.717, 1.165) is 24.1 Å². The van der Waals surface area contributed by atoms with E-state index in [9.17, 15) is 8.42 Å². The van der Waals surface area contributed by atoms with Gasteiger partial charge in [-0.15, -0.1) is 0 Å². The zero-order valence-electron chi connectivity index (χ0n) is 14.1. The van der Waals surface area contributed by atoms with Crippen molar-refractivity contribution < 1.29 is 8.42 Å². The molecule has 2 aromatic rings. The topological polar surface area (TPSA) is 49.7 Å². The predicted molar refractivity (Wildman–Crippen MR) is 97.6 cm³/mol. The Labute approximate surface area is 143 Å². The van der Waals surface area contributed by atoms with E-state index in [4.69, 9.17) is 0 Å². The van der Waals surface area contributed by atoms with Crippen molar-refractivity contribution in [3.8, 4) is 0 Å². The van der Waals surface area contributed by atoms with Gasteiger partial charge in [0.15, 0.2) is 0 Å². The second kappa shape index (κ2) is 6.87. The summed E-state index contributed by atoms with van der Waals surface area (Å²) >= 11 is 0. The van der Waals surface area contributed by atoms with Gasteiger partial charge in [-0.2, -0.15) is 4.31 Å². The molecule has 0 aromatic heterocycles. The van der Waals surface area contributed by atoms with Gasteiger partial charge in [-0.3, -0.25) is 4.99 Å². The van der Waals surface area contributed by atoms with Gasteiger partial charge in [0.05, 0.1) is 10.6 Å². The smallest absolute Gasteiger partial charge is 0.243 e. The molecular formula is C19H22N2O2S. The predicted octanol–water partition coefficient (Wildman–Crippen LogP) is 3.84. The lowest BCUT2D eigenvalue weighted by Gasteiger charge is -2.15. The summed E-state index contributed by atoms with van der Waals surface area (Å²) in [5, 5.41) is 0. The first kappa shape index (κ1) is 16.9. The van der Waals surface area contributed by atoms with Crippen molar-refractivity contribution >= 4 is 21.9 Å². The van der Waals surface area contributed by atoms with Gasteiger partial charge in [0.1, 0.15) is 0 Å². The molecule has 0 unspecified atom stereocenters. The third kappa shape index (κ3) is 3.57. The van der Waals surface area contributed by atoms with E-state index in [1.165, 1.54) is 11.1 Å². The van der Waals surface area contributed by atoms with Crippen molar-refractivity contribution in [2.75, 3.05) is 13.1 Å². The second-order valence-electron chi connectivity index (χ2n) is 6.22. The molecule has 4 nitrogen and oxygen atoms in total. The number of hydrogen-bond donors (Lipinski definition) is 0.